The molecule has 0 aliphatic heterocycles. The Morgan fingerprint density at radius 3 is 2.67 bits per heavy atom. The van der Waals surface area contributed by atoms with Crippen LogP contribution < -0.4 is 20.6 Å². The van der Waals surface area contributed by atoms with Crippen molar-refractivity contribution >= 4 is 39.9 Å². The Balaban J connectivity index is 2.65. The fraction of sp³-hybridized carbons (Fsp3) is 0.167. The summed E-state index contributed by atoms with van der Waals surface area (Å²) in [6.45, 7) is -0.561. The van der Waals surface area contributed by atoms with Gasteiger partial charge in [-0.1, -0.05) is 0 Å². The van der Waals surface area contributed by atoms with Crippen LogP contribution >= 0.6 is 15.9 Å². The van der Waals surface area contributed by atoms with Crippen LogP contribution in [0.15, 0.2) is 27.8 Å². The first-order valence-corrected chi connectivity index (χ1v) is 6.40. The largest absolute Gasteiger partial charge is 0.546 e. The molecule has 0 fully saturated rings. The number of aliphatic carboxylic acids is 1. The molecule has 0 spiro atoms. The van der Waals surface area contributed by atoms with Crippen LogP contribution in [0, 0.1) is 0 Å². The first-order valence-electron chi connectivity index (χ1n) is 5.61. The van der Waals surface area contributed by atoms with E-state index in [0.717, 1.165) is 0 Å². The molecule has 1 rings (SSSR count). The summed E-state index contributed by atoms with van der Waals surface area (Å²) >= 11 is 3.20. The van der Waals surface area contributed by atoms with E-state index in [2.05, 4.69) is 26.3 Å². The van der Waals surface area contributed by atoms with E-state index in [-0.39, 0.29) is 0 Å². The Morgan fingerprint density at radius 1 is 1.38 bits per heavy atom. The first kappa shape index (κ1) is 16.6. The van der Waals surface area contributed by atoms with Gasteiger partial charge in [-0.2, -0.15) is 5.10 Å². The van der Waals surface area contributed by atoms with Crippen LogP contribution in [0.25, 0.3) is 0 Å². The summed E-state index contributed by atoms with van der Waals surface area (Å²) in [4.78, 5) is 32.3. The van der Waals surface area contributed by atoms with Gasteiger partial charge in [-0.05, 0) is 39.7 Å². The zero-order valence-electron chi connectivity index (χ0n) is 10.9. The van der Waals surface area contributed by atoms with Crippen molar-refractivity contribution < 1.29 is 24.2 Å². The lowest BCUT2D eigenvalue weighted by Crippen LogP contribution is -2.35. The molecule has 112 valence electrons. The highest BCUT2D eigenvalue weighted by Gasteiger charge is 2.08. The second kappa shape index (κ2) is 8.00. The highest BCUT2D eigenvalue weighted by atomic mass is 79.9. The Morgan fingerprint density at radius 2 is 2.10 bits per heavy atom. The number of hydrogen-bond acceptors (Lipinski definition) is 6. The molecule has 0 aromatic heterocycles. The third-order valence-electron chi connectivity index (χ3n) is 2.11. The Kier molecular flexibility index (Phi) is 6.34. The van der Waals surface area contributed by atoms with E-state index in [4.69, 9.17) is 4.74 Å². The van der Waals surface area contributed by atoms with Crippen LogP contribution in [0.5, 0.6) is 5.75 Å². The lowest BCUT2D eigenvalue weighted by Gasteiger charge is -2.08. The maximum Gasteiger partial charge on any atom is 0.329 e. The van der Waals surface area contributed by atoms with Crippen LogP contribution in [0.4, 0.5) is 0 Å². The summed E-state index contributed by atoms with van der Waals surface area (Å²) in [6, 6.07) is 4.71. The molecule has 2 N–H and O–H groups in total. The number of carbonyl (C=O) groups excluding carboxylic acids is 3. The number of ether oxygens (including phenoxy) is 1. The van der Waals surface area contributed by atoms with E-state index >= 15 is 0 Å². The quantitative estimate of drug-likeness (QED) is 0.389. The van der Waals surface area contributed by atoms with Crippen molar-refractivity contribution in [3.8, 4) is 5.75 Å². The van der Waals surface area contributed by atoms with Gasteiger partial charge in [0.1, 0.15) is 12.4 Å². The zero-order valence-corrected chi connectivity index (χ0v) is 12.5. The summed E-state index contributed by atoms with van der Waals surface area (Å²) in [5.41, 5.74) is 2.64. The molecule has 0 heterocycles. The monoisotopic (exact) mass is 356 g/mol. The number of nitrogens with one attached hydrogen (secondary N) is 2. The molecule has 0 unspecified atom stereocenters. The van der Waals surface area contributed by atoms with Gasteiger partial charge < -0.3 is 20.0 Å². The molecule has 8 nitrogen and oxygen atoms in total. The summed E-state index contributed by atoms with van der Waals surface area (Å²) in [7, 11) is 1.33. The summed E-state index contributed by atoms with van der Waals surface area (Å²) in [5.74, 6) is -2.70. The predicted octanol–water partition coefficient (Wildman–Crippen LogP) is -1.23. The van der Waals surface area contributed by atoms with Crippen LogP contribution in [-0.2, 0) is 14.4 Å². The SMILES string of the molecule is CNC(=O)C(=O)N/N=C\c1ccc(OCC(=O)[O-])c(Br)c1. The minimum atomic E-state index is -1.33. The number of hydrazone groups is 1. The van der Waals surface area contributed by atoms with Crippen LogP contribution in [0.3, 0.4) is 0 Å². The van der Waals surface area contributed by atoms with Crippen molar-refractivity contribution in [2.75, 3.05) is 13.7 Å². The second-order valence-corrected chi connectivity index (χ2v) is 4.48. The van der Waals surface area contributed by atoms with Gasteiger partial charge in [0.25, 0.3) is 0 Å². The van der Waals surface area contributed by atoms with Gasteiger partial charge in [-0.15, -0.1) is 0 Å². The molecular weight excluding hydrogens is 346 g/mol. The van der Waals surface area contributed by atoms with Crippen molar-refractivity contribution in [2.45, 2.75) is 0 Å². The van der Waals surface area contributed by atoms with Crippen LogP contribution in [0.2, 0.25) is 0 Å². The number of rotatable bonds is 5. The molecule has 0 aliphatic rings. The van der Waals surface area contributed by atoms with E-state index in [1.54, 1.807) is 12.1 Å². The number of halogens is 1. The number of nitrogens with zero attached hydrogens (tertiary/aromatic N) is 1. The van der Waals surface area contributed by atoms with Gasteiger partial charge in [0.05, 0.1) is 16.7 Å². The predicted molar refractivity (Wildman–Crippen MR) is 74.4 cm³/mol. The fourth-order valence-corrected chi connectivity index (χ4v) is 1.69. The van der Waals surface area contributed by atoms with E-state index in [1.807, 2.05) is 5.43 Å². The molecule has 2 amide bonds. The Bertz CT molecular complexity index is 588. The van der Waals surface area contributed by atoms with Crippen molar-refractivity contribution in [2.24, 2.45) is 5.10 Å². The minimum absolute atomic E-state index is 0.325. The lowest BCUT2D eigenvalue weighted by atomic mass is 10.2. The van der Waals surface area contributed by atoms with Gasteiger partial charge in [-0.25, -0.2) is 5.43 Å². The second-order valence-electron chi connectivity index (χ2n) is 3.63. The van der Waals surface area contributed by atoms with Gasteiger partial charge in [0.15, 0.2) is 0 Å². The topological polar surface area (TPSA) is 120 Å². The normalized spacial score (nSPS) is 10.2. The van der Waals surface area contributed by atoms with E-state index in [0.29, 0.717) is 15.8 Å². The smallest absolute Gasteiger partial charge is 0.329 e. The molecule has 0 radical (unpaired) electrons. The van der Waals surface area contributed by atoms with Gasteiger partial charge in [-0.3, -0.25) is 9.59 Å². The number of carbonyl (C=O) groups is 3. The summed E-state index contributed by atoms with van der Waals surface area (Å²) in [6.07, 6.45) is 1.31. The minimum Gasteiger partial charge on any atom is -0.546 e. The zero-order chi connectivity index (χ0) is 15.8. The van der Waals surface area contributed by atoms with Crippen molar-refractivity contribution in [1.29, 1.82) is 0 Å². The van der Waals surface area contributed by atoms with E-state index in [9.17, 15) is 19.5 Å². The molecule has 1 aromatic carbocycles. The number of amides is 2. The highest BCUT2D eigenvalue weighted by molar-refractivity contribution is 9.10. The van der Waals surface area contributed by atoms with E-state index in [1.165, 1.54) is 19.3 Å². The molecule has 1 aromatic rings. The lowest BCUT2D eigenvalue weighted by molar-refractivity contribution is -0.307. The Hall–Kier alpha value is -2.42. The number of carboxylic acids is 1. The highest BCUT2D eigenvalue weighted by Crippen LogP contribution is 2.25. The maximum atomic E-state index is 11.1. The average Bonchev–Trinajstić information content (AvgIpc) is 2.45. The fourth-order valence-electron chi connectivity index (χ4n) is 1.18. The van der Waals surface area contributed by atoms with E-state index < -0.39 is 24.4 Å². The van der Waals surface area contributed by atoms with Crippen LogP contribution in [0.1, 0.15) is 5.56 Å². The van der Waals surface area contributed by atoms with Gasteiger partial charge in [0.2, 0.25) is 0 Å². The standard InChI is InChI=1S/C12H12BrN3O5/c1-14-11(19)12(20)16-15-5-7-2-3-9(8(13)4-7)21-6-10(17)18/h2-5H,6H2,1H3,(H,14,19)(H,16,20)(H,17,18)/p-1/b15-5-. The molecule has 0 atom stereocenters. The van der Waals surface area contributed by atoms with Crippen molar-refractivity contribution in [3.63, 3.8) is 0 Å². The number of benzene rings is 1. The first-order chi connectivity index (χ1) is 9.93. The van der Waals surface area contributed by atoms with Gasteiger partial charge in [0, 0.05) is 7.05 Å². The maximum absolute atomic E-state index is 11.1. The van der Waals surface area contributed by atoms with Crippen LogP contribution in [-0.4, -0.2) is 37.7 Å². The van der Waals surface area contributed by atoms with Crippen molar-refractivity contribution in [1.82, 2.24) is 10.7 Å². The number of hydrogen-bond donors (Lipinski definition) is 2. The molecule has 0 bridgehead atoms. The molecule has 9 heteroatoms. The Labute approximate surface area is 128 Å². The summed E-state index contributed by atoms with van der Waals surface area (Å²) < 4.78 is 5.47. The van der Waals surface area contributed by atoms with Crippen molar-refractivity contribution in [3.05, 3.63) is 28.2 Å². The summed E-state index contributed by atoms with van der Waals surface area (Å²) in [5, 5.41) is 16.0. The van der Waals surface area contributed by atoms with Gasteiger partial charge >= 0.3 is 11.8 Å². The molecule has 0 saturated heterocycles. The number of likely N-dealkylation sites (N-methyl/N-ethyl adjacent to an activating group) is 1. The molecular formula is C12H11BrN3O5-. The third-order valence-corrected chi connectivity index (χ3v) is 2.73. The number of carboxylic acid groups (broad SMARTS) is 1. The molecule has 0 aliphatic carbocycles. The average molecular weight is 357 g/mol. The molecule has 21 heavy (non-hydrogen) atoms. The third kappa shape index (κ3) is 5.61. The molecule has 0 saturated carbocycles.